The summed E-state index contributed by atoms with van der Waals surface area (Å²) in [6, 6.07) is 0. The molecule has 4 heteroatoms. The van der Waals surface area contributed by atoms with Gasteiger partial charge in [-0.1, -0.05) is 0 Å². The maximum absolute atomic E-state index is 9.24. The van der Waals surface area contributed by atoms with Gasteiger partial charge in [-0.25, -0.2) is 0 Å². The van der Waals surface area contributed by atoms with Crippen LogP contribution in [0.15, 0.2) is 0 Å². The number of rotatable bonds is 2. The summed E-state index contributed by atoms with van der Waals surface area (Å²) >= 11 is 0. The second kappa shape index (κ2) is 4.01. The highest BCUT2D eigenvalue weighted by Gasteiger charge is 2.27. The first-order chi connectivity index (χ1) is 5.26. The summed E-state index contributed by atoms with van der Waals surface area (Å²) in [4.78, 5) is 0. The molecule has 0 aromatic rings. The van der Waals surface area contributed by atoms with Crippen LogP contribution in [0.2, 0.25) is 0 Å². The minimum Gasteiger partial charge on any atom is -0.394 e. The molecule has 4 nitrogen and oxygen atoms in total. The van der Waals surface area contributed by atoms with Crippen molar-refractivity contribution in [3.8, 4) is 0 Å². The summed E-state index contributed by atoms with van der Waals surface area (Å²) < 4.78 is 10.1. The number of ether oxygens (including phenoxy) is 2. The minimum atomic E-state index is -0.411. The number of aliphatic hydroxyl groups excluding tert-OH is 2. The van der Waals surface area contributed by atoms with Crippen molar-refractivity contribution in [2.75, 3.05) is 13.7 Å². The number of hydrogen-bond donors (Lipinski definition) is 2. The molecule has 1 rings (SSSR count). The average Bonchev–Trinajstić information content (AvgIpc) is 2.03. The smallest absolute Gasteiger partial charge is 0.160 e. The molecule has 1 aliphatic heterocycles. The van der Waals surface area contributed by atoms with Crippen LogP contribution in [0, 0.1) is 0 Å². The van der Waals surface area contributed by atoms with E-state index in [9.17, 15) is 5.11 Å². The number of aliphatic hydroxyl groups is 2. The van der Waals surface area contributed by atoms with Crippen molar-refractivity contribution in [2.45, 2.75) is 31.3 Å². The Kier molecular flexibility index (Phi) is 3.26. The molecule has 0 saturated carbocycles. The maximum Gasteiger partial charge on any atom is 0.160 e. The Bertz CT molecular complexity index is 105. The minimum absolute atomic E-state index is 0.0586. The van der Waals surface area contributed by atoms with Crippen LogP contribution >= 0.6 is 0 Å². The topological polar surface area (TPSA) is 58.9 Å². The van der Waals surface area contributed by atoms with Crippen LogP contribution in [0.5, 0.6) is 0 Å². The van der Waals surface area contributed by atoms with Gasteiger partial charge in [0.2, 0.25) is 0 Å². The lowest BCUT2D eigenvalue weighted by Gasteiger charge is -2.30. The highest BCUT2D eigenvalue weighted by Crippen LogP contribution is 2.19. The van der Waals surface area contributed by atoms with E-state index in [4.69, 9.17) is 14.6 Å². The van der Waals surface area contributed by atoms with E-state index in [0.29, 0.717) is 12.8 Å². The first-order valence-electron chi connectivity index (χ1n) is 3.73. The molecule has 0 radical (unpaired) electrons. The summed E-state index contributed by atoms with van der Waals surface area (Å²) in [6.45, 7) is -0.0586. The van der Waals surface area contributed by atoms with Gasteiger partial charge in [0.05, 0.1) is 18.8 Å². The summed E-state index contributed by atoms with van der Waals surface area (Å²) in [6.07, 6.45) is -0.0611. The van der Waals surface area contributed by atoms with Gasteiger partial charge in [0.25, 0.3) is 0 Å². The van der Waals surface area contributed by atoms with Crippen molar-refractivity contribution in [2.24, 2.45) is 0 Å². The lowest BCUT2D eigenvalue weighted by atomic mass is 10.1. The third-order valence-corrected chi connectivity index (χ3v) is 1.81. The fourth-order valence-corrected chi connectivity index (χ4v) is 1.22. The predicted molar refractivity (Wildman–Crippen MR) is 38.0 cm³/mol. The van der Waals surface area contributed by atoms with Crippen molar-refractivity contribution in [1.29, 1.82) is 0 Å². The van der Waals surface area contributed by atoms with Gasteiger partial charge in [-0.3, -0.25) is 0 Å². The molecule has 1 heterocycles. The standard InChI is InChI=1S/C7H14O4/c1-10-7-3-5(9)2-6(4-8)11-7/h5-9H,2-4H2,1H3/t5?,6?,7-/m1/s1. The molecular formula is C7H14O4. The van der Waals surface area contributed by atoms with Gasteiger partial charge in [0.15, 0.2) is 6.29 Å². The molecule has 0 aromatic carbocycles. The van der Waals surface area contributed by atoms with Crippen molar-refractivity contribution in [1.82, 2.24) is 0 Å². The molecule has 2 unspecified atom stereocenters. The van der Waals surface area contributed by atoms with Gasteiger partial charge in [-0.15, -0.1) is 0 Å². The summed E-state index contributed by atoms with van der Waals surface area (Å²) in [5, 5.41) is 18.0. The van der Waals surface area contributed by atoms with E-state index in [1.54, 1.807) is 0 Å². The van der Waals surface area contributed by atoms with Gasteiger partial charge in [-0.05, 0) is 0 Å². The molecule has 1 fully saturated rings. The Morgan fingerprint density at radius 1 is 1.55 bits per heavy atom. The quantitative estimate of drug-likeness (QED) is 0.574. The van der Waals surface area contributed by atoms with Gasteiger partial charge >= 0.3 is 0 Å². The Balaban J connectivity index is 2.37. The van der Waals surface area contributed by atoms with E-state index in [1.165, 1.54) is 7.11 Å². The zero-order valence-corrected chi connectivity index (χ0v) is 6.56. The molecule has 66 valence electrons. The molecule has 1 aliphatic rings. The number of methoxy groups -OCH3 is 1. The molecule has 0 aromatic heterocycles. The molecule has 1 saturated heterocycles. The van der Waals surface area contributed by atoms with Crippen molar-refractivity contribution >= 4 is 0 Å². The lowest BCUT2D eigenvalue weighted by molar-refractivity contribution is -0.210. The number of hydrogen-bond acceptors (Lipinski definition) is 4. The van der Waals surface area contributed by atoms with Crippen LogP contribution < -0.4 is 0 Å². The molecule has 0 spiro atoms. The first kappa shape index (κ1) is 8.93. The fraction of sp³-hybridized carbons (Fsp3) is 1.00. The second-order valence-corrected chi connectivity index (χ2v) is 2.73. The van der Waals surface area contributed by atoms with Gasteiger partial charge in [0, 0.05) is 20.0 Å². The van der Waals surface area contributed by atoms with Crippen molar-refractivity contribution in [3.63, 3.8) is 0 Å². The van der Waals surface area contributed by atoms with Crippen LogP contribution in [0.3, 0.4) is 0 Å². The van der Waals surface area contributed by atoms with Crippen molar-refractivity contribution in [3.05, 3.63) is 0 Å². The highest BCUT2D eigenvalue weighted by molar-refractivity contribution is 4.72. The van der Waals surface area contributed by atoms with E-state index in [1.807, 2.05) is 0 Å². The zero-order chi connectivity index (χ0) is 8.27. The normalized spacial score (nSPS) is 39.0. The van der Waals surface area contributed by atoms with Crippen LogP contribution in [-0.2, 0) is 9.47 Å². The third-order valence-electron chi connectivity index (χ3n) is 1.81. The Morgan fingerprint density at radius 3 is 2.82 bits per heavy atom. The van der Waals surface area contributed by atoms with Crippen LogP contribution in [0.1, 0.15) is 12.8 Å². The molecule has 0 amide bonds. The fourth-order valence-electron chi connectivity index (χ4n) is 1.22. The molecule has 0 aliphatic carbocycles. The summed E-state index contributed by atoms with van der Waals surface area (Å²) in [5.41, 5.74) is 0. The zero-order valence-electron chi connectivity index (χ0n) is 6.56. The van der Waals surface area contributed by atoms with Crippen LogP contribution in [0.25, 0.3) is 0 Å². The molecule has 2 N–H and O–H groups in total. The Morgan fingerprint density at radius 2 is 2.27 bits per heavy atom. The Hall–Kier alpha value is -0.160. The van der Waals surface area contributed by atoms with E-state index in [2.05, 4.69) is 0 Å². The van der Waals surface area contributed by atoms with Crippen LogP contribution in [0.4, 0.5) is 0 Å². The van der Waals surface area contributed by atoms with E-state index >= 15 is 0 Å². The van der Waals surface area contributed by atoms with Gasteiger partial charge in [0.1, 0.15) is 0 Å². The maximum atomic E-state index is 9.24. The van der Waals surface area contributed by atoms with Gasteiger partial charge < -0.3 is 19.7 Å². The van der Waals surface area contributed by atoms with E-state index in [0.717, 1.165) is 0 Å². The average molecular weight is 162 g/mol. The van der Waals surface area contributed by atoms with Crippen molar-refractivity contribution < 1.29 is 19.7 Å². The third kappa shape index (κ3) is 2.41. The summed E-state index contributed by atoms with van der Waals surface area (Å²) in [5.74, 6) is 0. The summed E-state index contributed by atoms with van der Waals surface area (Å²) in [7, 11) is 1.52. The second-order valence-electron chi connectivity index (χ2n) is 2.73. The molecule has 11 heavy (non-hydrogen) atoms. The van der Waals surface area contributed by atoms with Gasteiger partial charge in [-0.2, -0.15) is 0 Å². The predicted octanol–water partition coefficient (Wildman–Crippen LogP) is -0.509. The lowest BCUT2D eigenvalue weighted by Crippen LogP contribution is -2.38. The van der Waals surface area contributed by atoms with Crippen LogP contribution in [-0.4, -0.2) is 42.4 Å². The Labute approximate surface area is 65.7 Å². The highest BCUT2D eigenvalue weighted by atomic mass is 16.7. The largest absolute Gasteiger partial charge is 0.394 e. The molecule has 3 atom stereocenters. The molecule has 0 bridgehead atoms. The van der Waals surface area contributed by atoms with E-state index < -0.39 is 6.10 Å². The molecular weight excluding hydrogens is 148 g/mol. The SMILES string of the molecule is CO[C@H]1CC(O)CC(CO)O1. The monoisotopic (exact) mass is 162 g/mol. The first-order valence-corrected chi connectivity index (χ1v) is 3.73. The van der Waals surface area contributed by atoms with E-state index in [-0.39, 0.29) is 19.0 Å².